The van der Waals surface area contributed by atoms with Crippen molar-refractivity contribution in [2.45, 2.75) is 257 Å². The molecule has 9 nitrogen and oxygen atoms in total. The summed E-state index contributed by atoms with van der Waals surface area (Å²) in [6, 6.07) is 0. The van der Waals surface area contributed by atoms with Gasteiger partial charge in [0.15, 0.2) is 12.4 Å². The smallest absolute Gasteiger partial charge is 0.306 e. The number of allylic oxidation sites excluding steroid dienone is 20. The van der Waals surface area contributed by atoms with Crippen molar-refractivity contribution in [2.75, 3.05) is 47.5 Å². The van der Waals surface area contributed by atoms with Crippen LogP contribution in [0.2, 0.25) is 0 Å². The van der Waals surface area contributed by atoms with E-state index in [0.717, 1.165) is 116 Å². The average molecular weight is 1100 g/mol. The fraction of sp³-hybridized carbons (Fsp3) is 0.671. The monoisotopic (exact) mass is 1100 g/mol. The Hall–Kier alpha value is -4.31. The molecule has 2 atom stereocenters. The van der Waals surface area contributed by atoms with E-state index in [2.05, 4.69) is 135 Å². The number of aliphatic carboxylic acids is 1. The van der Waals surface area contributed by atoms with Gasteiger partial charge in [-0.2, -0.15) is 0 Å². The van der Waals surface area contributed by atoms with Crippen LogP contribution in [0.3, 0.4) is 0 Å². The van der Waals surface area contributed by atoms with Crippen LogP contribution < -0.4 is 5.11 Å². The summed E-state index contributed by atoms with van der Waals surface area (Å²) in [6.07, 6.45) is 81.1. The Labute approximate surface area is 485 Å². The van der Waals surface area contributed by atoms with Crippen LogP contribution in [0.1, 0.15) is 245 Å². The molecule has 0 saturated carbocycles. The third kappa shape index (κ3) is 61.2. The van der Waals surface area contributed by atoms with E-state index in [0.29, 0.717) is 17.4 Å². The molecule has 450 valence electrons. The second-order valence-corrected chi connectivity index (χ2v) is 22.0. The van der Waals surface area contributed by atoms with Crippen LogP contribution in [0.15, 0.2) is 122 Å². The molecule has 0 fully saturated rings. The number of carboxylic acid groups (broad SMARTS) is 1. The largest absolute Gasteiger partial charge is 0.545 e. The van der Waals surface area contributed by atoms with Gasteiger partial charge in [0.2, 0.25) is 0 Å². The normalized spacial score (nSPS) is 13.6. The van der Waals surface area contributed by atoms with Gasteiger partial charge in [0, 0.05) is 12.8 Å². The molecule has 0 aromatic carbocycles. The van der Waals surface area contributed by atoms with Crippen LogP contribution in [-0.2, 0) is 33.3 Å². The number of carboxylic acids is 1. The van der Waals surface area contributed by atoms with Gasteiger partial charge in [0.1, 0.15) is 13.2 Å². The van der Waals surface area contributed by atoms with Gasteiger partial charge in [0.05, 0.1) is 40.3 Å². The highest BCUT2D eigenvalue weighted by Crippen LogP contribution is 2.15. The van der Waals surface area contributed by atoms with Gasteiger partial charge < -0.3 is 33.3 Å². The van der Waals surface area contributed by atoms with E-state index < -0.39 is 24.3 Å². The van der Waals surface area contributed by atoms with Gasteiger partial charge in [-0.15, -0.1) is 0 Å². The summed E-state index contributed by atoms with van der Waals surface area (Å²) >= 11 is 0. The molecule has 0 aromatic heterocycles. The number of unbranched alkanes of at least 4 members (excludes halogenated alkanes) is 22. The van der Waals surface area contributed by atoms with Gasteiger partial charge in [-0.05, 0) is 109 Å². The molecule has 0 aromatic rings. The first kappa shape index (κ1) is 74.7. The van der Waals surface area contributed by atoms with Crippen LogP contribution in [0, 0.1) is 0 Å². The summed E-state index contributed by atoms with van der Waals surface area (Å²) in [5.74, 6) is -2.30. The summed E-state index contributed by atoms with van der Waals surface area (Å²) < 4.78 is 22.7. The number of ether oxygens (including phenoxy) is 4. The lowest BCUT2D eigenvalue weighted by atomic mass is 10.0. The number of likely N-dealkylation sites (N-methyl/N-ethyl adjacent to an activating group) is 1. The number of nitrogens with zero attached hydrogens (tertiary/aromatic N) is 1. The summed E-state index contributed by atoms with van der Waals surface area (Å²) in [5.41, 5.74) is 0. The van der Waals surface area contributed by atoms with Crippen molar-refractivity contribution in [2.24, 2.45) is 0 Å². The fourth-order valence-corrected chi connectivity index (χ4v) is 8.35. The molecule has 0 aliphatic heterocycles. The summed E-state index contributed by atoms with van der Waals surface area (Å²) in [7, 11) is 5.92. The number of quaternary nitrogens is 1. The zero-order valence-corrected chi connectivity index (χ0v) is 51.2. The van der Waals surface area contributed by atoms with Crippen LogP contribution in [0.4, 0.5) is 0 Å². The van der Waals surface area contributed by atoms with E-state index in [1.807, 2.05) is 21.1 Å². The minimum atomic E-state index is -1.63. The Morgan fingerprint density at radius 2 is 0.722 bits per heavy atom. The first-order chi connectivity index (χ1) is 38.6. The molecule has 0 heterocycles. The van der Waals surface area contributed by atoms with Crippen molar-refractivity contribution in [1.82, 2.24) is 0 Å². The van der Waals surface area contributed by atoms with Gasteiger partial charge in [-0.1, -0.05) is 245 Å². The van der Waals surface area contributed by atoms with Crippen molar-refractivity contribution < 1.29 is 42.9 Å². The Balaban J connectivity index is 4.20. The first-order valence-corrected chi connectivity index (χ1v) is 31.7. The molecule has 0 aliphatic rings. The predicted molar refractivity (Wildman–Crippen MR) is 333 cm³/mol. The van der Waals surface area contributed by atoms with Gasteiger partial charge in [-0.3, -0.25) is 9.59 Å². The standard InChI is InChI=1S/C70H117NO8/c1-6-8-10-12-14-16-18-20-22-24-26-27-28-29-30-31-32-33-34-35-36-37-38-39-40-41-43-45-47-49-51-53-55-57-59-61-68(73)79-66(65-78-70(69(74)75)76-63-62-71(3,4)5)64-77-67(72)60-58-56-54-52-50-48-46-44-42-25-23-21-19-17-15-13-11-9-7-2/h8,10,14-17,20-23,26-27,29-30,32-33,35-36,38-39,66,70H,6-7,9,11-13,18-19,24-25,28,31,34,37,40-65H2,1-5H3/b10-8-,16-14-,17-15-,22-20-,23-21-,27-26-,30-29-,33-32-,36-35-,39-38-. The van der Waals surface area contributed by atoms with E-state index in [4.69, 9.17) is 18.9 Å². The zero-order chi connectivity index (χ0) is 57.6. The number of hydrogen-bond donors (Lipinski definition) is 0. The Bertz CT molecular complexity index is 1710. The Morgan fingerprint density at radius 3 is 1.08 bits per heavy atom. The van der Waals surface area contributed by atoms with Crippen molar-refractivity contribution in [3.63, 3.8) is 0 Å². The van der Waals surface area contributed by atoms with Gasteiger partial charge >= 0.3 is 11.9 Å². The molecule has 0 N–H and O–H groups in total. The summed E-state index contributed by atoms with van der Waals surface area (Å²) in [5, 5.41) is 11.8. The summed E-state index contributed by atoms with van der Waals surface area (Å²) in [6.45, 7) is 4.60. The second-order valence-electron chi connectivity index (χ2n) is 22.0. The number of esters is 2. The first-order valence-electron chi connectivity index (χ1n) is 31.7. The van der Waals surface area contributed by atoms with Crippen molar-refractivity contribution in [1.29, 1.82) is 0 Å². The van der Waals surface area contributed by atoms with E-state index in [1.165, 1.54) is 96.3 Å². The molecular formula is C70H117NO8. The zero-order valence-electron chi connectivity index (χ0n) is 51.2. The van der Waals surface area contributed by atoms with Crippen LogP contribution >= 0.6 is 0 Å². The number of carbonyl (C=O) groups is 3. The molecule has 79 heavy (non-hydrogen) atoms. The van der Waals surface area contributed by atoms with E-state index >= 15 is 0 Å². The van der Waals surface area contributed by atoms with Crippen LogP contribution in [0.5, 0.6) is 0 Å². The van der Waals surface area contributed by atoms with E-state index in [-0.39, 0.29) is 38.6 Å². The number of rotatable bonds is 57. The van der Waals surface area contributed by atoms with Crippen molar-refractivity contribution >= 4 is 17.9 Å². The molecule has 0 spiro atoms. The average Bonchev–Trinajstić information content (AvgIpc) is 3.42. The highest BCUT2D eigenvalue weighted by atomic mass is 16.7. The van der Waals surface area contributed by atoms with Crippen molar-refractivity contribution in [3.05, 3.63) is 122 Å². The molecular weight excluding hydrogens is 983 g/mol. The topological polar surface area (TPSA) is 111 Å². The van der Waals surface area contributed by atoms with Crippen molar-refractivity contribution in [3.8, 4) is 0 Å². The second kappa shape index (κ2) is 59.8. The summed E-state index contributed by atoms with van der Waals surface area (Å²) in [4.78, 5) is 37.4. The van der Waals surface area contributed by atoms with E-state index in [9.17, 15) is 19.5 Å². The molecule has 0 amide bonds. The number of carbonyl (C=O) groups excluding carboxylic acids is 3. The molecule has 0 bridgehead atoms. The molecule has 2 unspecified atom stereocenters. The quantitative estimate of drug-likeness (QED) is 0.0195. The SMILES string of the molecule is CC/C=C\C/C=C\C/C=C\C/C=C\C/C=C\C/C=C\C/C=C\C/C=C\CCCCCCCCCCCCC(=O)OC(COC(=O)CCCCCCCCCCC/C=C\C/C=C\CCCCC)COC(OCC[N+](C)(C)C)C(=O)[O-]. The third-order valence-corrected chi connectivity index (χ3v) is 13.2. The number of hydrogen-bond acceptors (Lipinski definition) is 8. The van der Waals surface area contributed by atoms with Crippen LogP contribution in [0.25, 0.3) is 0 Å². The predicted octanol–water partition coefficient (Wildman–Crippen LogP) is 17.9. The van der Waals surface area contributed by atoms with Crippen LogP contribution in [-0.4, -0.2) is 82.3 Å². The fourth-order valence-electron chi connectivity index (χ4n) is 8.35. The molecule has 9 heteroatoms. The molecule has 0 rings (SSSR count). The Morgan fingerprint density at radius 1 is 0.392 bits per heavy atom. The lowest BCUT2D eigenvalue weighted by Crippen LogP contribution is -2.44. The minimum absolute atomic E-state index is 0.141. The maximum Gasteiger partial charge on any atom is 0.306 e. The Kier molecular flexibility index (Phi) is 56.5. The lowest BCUT2D eigenvalue weighted by Gasteiger charge is -2.26. The van der Waals surface area contributed by atoms with Gasteiger partial charge in [0.25, 0.3) is 0 Å². The molecule has 0 saturated heterocycles. The third-order valence-electron chi connectivity index (χ3n) is 13.2. The minimum Gasteiger partial charge on any atom is -0.545 e. The maximum atomic E-state index is 12.9. The molecule has 0 radical (unpaired) electrons. The highest BCUT2D eigenvalue weighted by Gasteiger charge is 2.22. The lowest BCUT2D eigenvalue weighted by molar-refractivity contribution is -0.870. The highest BCUT2D eigenvalue weighted by molar-refractivity contribution is 5.70. The van der Waals surface area contributed by atoms with E-state index in [1.54, 1.807) is 0 Å². The van der Waals surface area contributed by atoms with Gasteiger partial charge in [-0.25, -0.2) is 0 Å². The maximum absolute atomic E-state index is 12.9. The molecule has 0 aliphatic carbocycles.